The summed E-state index contributed by atoms with van der Waals surface area (Å²) >= 11 is 0. The molecule has 0 saturated heterocycles. The highest BCUT2D eigenvalue weighted by Crippen LogP contribution is 2.23. The van der Waals surface area contributed by atoms with Gasteiger partial charge in [-0.25, -0.2) is 18.4 Å². The molecule has 0 aliphatic rings. The summed E-state index contributed by atoms with van der Waals surface area (Å²) in [7, 11) is 6.76. The van der Waals surface area contributed by atoms with Crippen molar-refractivity contribution in [1.29, 1.82) is 0 Å². The predicted octanol–water partition coefficient (Wildman–Crippen LogP) is 5.39. The third-order valence-corrected chi connectivity index (χ3v) is 3.73. The van der Waals surface area contributed by atoms with Crippen LogP contribution in [0, 0.1) is 11.6 Å². The minimum absolute atomic E-state index is 0.00145. The molecule has 0 aliphatic heterocycles. The SMILES string of the molecule is C=C/C(OC(=O)SCl)=C(\C/C=C(\C)c1ccc(F)cc1F)C(=O)OC. The van der Waals surface area contributed by atoms with Gasteiger partial charge < -0.3 is 9.47 Å². The third kappa shape index (κ3) is 6.03. The Labute approximate surface area is 152 Å². The molecule has 0 spiro atoms. The maximum Gasteiger partial charge on any atom is 0.388 e. The minimum atomic E-state index is -0.844. The summed E-state index contributed by atoms with van der Waals surface area (Å²) in [6.45, 7) is 5.07. The van der Waals surface area contributed by atoms with Gasteiger partial charge >= 0.3 is 11.3 Å². The number of rotatable bonds is 6. The largest absolute Gasteiger partial charge is 0.466 e. The minimum Gasteiger partial charge on any atom is -0.466 e. The molecular weight excluding hydrogens is 374 g/mol. The fourth-order valence-corrected chi connectivity index (χ4v) is 2.13. The standard InChI is InChI=1S/C17H15ClF2O4S/c1-4-15(24-17(22)25-18)13(16(21)23-3)7-5-10(2)12-8-6-11(19)9-14(12)20/h4-6,8-9H,1,7H2,2-3H3/b10-5+,15-13-. The average Bonchev–Trinajstić information content (AvgIpc) is 2.59. The van der Waals surface area contributed by atoms with Crippen LogP contribution < -0.4 is 0 Å². The summed E-state index contributed by atoms with van der Waals surface area (Å²) in [6, 6.07) is 3.18. The fourth-order valence-electron chi connectivity index (χ4n) is 1.91. The van der Waals surface area contributed by atoms with Crippen LogP contribution in [0.1, 0.15) is 18.9 Å². The number of carbonyl (C=O) groups excluding carboxylic acids is 2. The Morgan fingerprint density at radius 2 is 2.04 bits per heavy atom. The number of halogens is 3. The van der Waals surface area contributed by atoms with Crippen molar-refractivity contribution >= 4 is 38.5 Å². The lowest BCUT2D eigenvalue weighted by atomic mass is 10.0. The molecule has 0 unspecified atom stereocenters. The summed E-state index contributed by atoms with van der Waals surface area (Å²) in [5.41, 5.74) is 0.637. The molecule has 4 nitrogen and oxygen atoms in total. The molecule has 0 N–H and O–H groups in total. The maximum absolute atomic E-state index is 13.8. The van der Waals surface area contributed by atoms with Crippen molar-refractivity contribution in [2.24, 2.45) is 0 Å². The zero-order valence-electron chi connectivity index (χ0n) is 13.5. The number of methoxy groups -OCH3 is 1. The molecule has 0 aromatic heterocycles. The molecule has 1 rings (SSSR count). The first-order valence-electron chi connectivity index (χ1n) is 6.90. The quantitative estimate of drug-likeness (QED) is 0.283. The van der Waals surface area contributed by atoms with Crippen molar-refractivity contribution in [3.05, 3.63) is 65.5 Å². The molecule has 0 heterocycles. The van der Waals surface area contributed by atoms with Crippen molar-refractivity contribution in [3.63, 3.8) is 0 Å². The van der Waals surface area contributed by atoms with Crippen LogP contribution in [0.15, 0.2) is 48.3 Å². The van der Waals surface area contributed by atoms with Crippen LogP contribution in [-0.4, -0.2) is 18.4 Å². The second-order valence-corrected chi connectivity index (χ2v) is 5.63. The second kappa shape index (κ2) is 10.0. The van der Waals surface area contributed by atoms with E-state index in [1.54, 1.807) is 6.92 Å². The van der Waals surface area contributed by atoms with Gasteiger partial charge in [-0.2, -0.15) is 0 Å². The van der Waals surface area contributed by atoms with Crippen molar-refractivity contribution < 1.29 is 27.8 Å². The van der Waals surface area contributed by atoms with Gasteiger partial charge in [0.25, 0.3) is 0 Å². The smallest absolute Gasteiger partial charge is 0.388 e. The van der Waals surface area contributed by atoms with Crippen LogP contribution in [-0.2, 0) is 14.3 Å². The molecule has 0 fully saturated rings. The Hall–Kier alpha value is -2.12. The van der Waals surface area contributed by atoms with E-state index in [4.69, 9.17) is 15.4 Å². The molecule has 8 heteroatoms. The van der Waals surface area contributed by atoms with E-state index in [9.17, 15) is 18.4 Å². The molecule has 0 saturated carbocycles. The highest BCUT2D eigenvalue weighted by Gasteiger charge is 2.18. The Balaban J connectivity index is 3.19. The number of hydrogen-bond donors (Lipinski definition) is 0. The van der Waals surface area contributed by atoms with Crippen LogP contribution in [0.4, 0.5) is 13.6 Å². The lowest BCUT2D eigenvalue weighted by Gasteiger charge is -2.10. The first kappa shape index (κ1) is 20.9. The van der Waals surface area contributed by atoms with Gasteiger partial charge in [-0.1, -0.05) is 12.7 Å². The normalized spacial score (nSPS) is 12.3. The summed E-state index contributed by atoms with van der Waals surface area (Å²) < 4.78 is 36.4. The summed E-state index contributed by atoms with van der Waals surface area (Å²) in [5.74, 6) is -2.28. The Bertz CT molecular complexity index is 744. The second-order valence-electron chi connectivity index (χ2n) is 4.68. The van der Waals surface area contributed by atoms with Crippen molar-refractivity contribution in [2.75, 3.05) is 7.11 Å². The van der Waals surface area contributed by atoms with Gasteiger partial charge in [-0.15, -0.1) is 0 Å². The van der Waals surface area contributed by atoms with E-state index in [0.29, 0.717) is 16.5 Å². The third-order valence-electron chi connectivity index (χ3n) is 3.14. The van der Waals surface area contributed by atoms with E-state index in [-0.39, 0.29) is 23.3 Å². The monoisotopic (exact) mass is 388 g/mol. The summed E-state index contributed by atoms with van der Waals surface area (Å²) in [4.78, 5) is 23.2. The molecule has 134 valence electrons. The van der Waals surface area contributed by atoms with Gasteiger partial charge in [0.1, 0.15) is 17.4 Å². The highest BCUT2D eigenvalue weighted by atomic mass is 35.7. The fraction of sp³-hybridized carbons (Fsp3) is 0.176. The molecule has 0 aliphatic carbocycles. The van der Waals surface area contributed by atoms with E-state index < -0.39 is 22.9 Å². The van der Waals surface area contributed by atoms with Crippen LogP contribution in [0.5, 0.6) is 0 Å². The molecule has 25 heavy (non-hydrogen) atoms. The van der Waals surface area contributed by atoms with Crippen molar-refractivity contribution in [3.8, 4) is 0 Å². The topological polar surface area (TPSA) is 52.6 Å². The first-order valence-corrected chi connectivity index (χ1v) is 8.54. The van der Waals surface area contributed by atoms with E-state index in [1.807, 2.05) is 0 Å². The Morgan fingerprint density at radius 3 is 2.56 bits per heavy atom. The number of allylic oxidation sites excluding steroid dienone is 3. The van der Waals surface area contributed by atoms with Crippen molar-refractivity contribution in [1.82, 2.24) is 0 Å². The van der Waals surface area contributed by atoms with Gasteiger partial charge in [0.15, 0.2) is 0 Å². The number of benzene rings is 1. The number of esters is 1. The average molecular weight is 389 g/mol. The van der Waals surface area contributed by atoms with Gasteiger partial charge in [0, 0.05) is 18.1 Å². The first-order chi connectivity index (χ1) is 11.8. The number of carbonyl (C=O) groups is 2. The summed E-state index contributed by atoms with van der Waals surface area (Å²) in [5, 5.41) is -0.844. The van der Waals surface area contributed by atoms with Gasteiger partial charge in [-0.3, -0.25) is 0 Å². The molecule has 0 bridgehead atoms. The van der Waals surface area contributed by atoms with Gasteiger partial charge in [0.05, 0.1) is 23.7 Å². The van der Waals surface area contributed by atoms with Crippen molar-refractivity contribution in [2.45, 2.75) is 13.3 Å². The molecule has 1 aromatic carbocycles. The Morgan fingerprint density at radius 1 is 1.36 bits per heavy atom. The lowest BCUT2D eigenvalue weighted by Crippen LogP contribution is -2.10. The van der Waals surface area contributed by atoms with Gasteiger partial charge in [0.2, 0.25) is 0 Å². The molecule has 0 atom stereocenters. The zero-order chi connectivity index (χ0) is 19.0. The van der Waals surface area contributed by atoms with E-state index >= 15 is 0 Å². The van der Waals surface area contributed by atoms with Crippen LogP contribution in [0.3, 0.4) is 0 Å². The van der Waals surface area contributed by atoms with E-state index in [1.165, 1.54) is 18.2 Å². The highest BCUT2D eigenvalue weighted by molar-refractivity contribution is 8.32. The van der Waals surface area contributed by atoms with Crippen LogP contribution in [0.2, 0.25) is 0 Å². The number of ether oxygens (including phenoxy) is 2. The number of hydrogen-bond acceptors (Lipinski definition) is 5. The maximum atomic E-state index is 13.8. The molecular formula is C17H15ClF2O4S. The predicted molar refractivity (Wildman–Crippen MR) is 93.8 cm³/mol. The summed E-state index contributed by atoms with van der Waals surface area (Å²) in [6.07, 6.45) is 2.66. The lowest BCUT2D eigenvalue weighted by molar-refractivity contribution is -0.136. The van der Waals surface area contributed by atoms with E-state index in [0.717, 1.165) is 19.2 Å². The van der Waals surface area contributed by atoms with Crippen LogP contribution in [0.25, 0.3) is 5.57 Å². The zero-order valence-corrected chi connectivity index (χ0v) is 15.0. The molecule has 1 aromatic rings. The Kier molecular flexibility index (Phi) is 8.37. The van der Waals surface area contributed by atoms with Gasteiger partial charge in [-0.05, 0) is 41.4 Å². The van der Waals surface area contributed by atoms with E-state index in [2.05, 4.69) is 11.3 Å². The molecule has 0 radical (unpaired) electrons. The molecule has 0 amide bonds. The van der Waals surface area contributed by atoms with Crippen LogP contribution >= 0.6 is 21.7 Å².